The lowest BCUT2D eigenvalue weighted by Gasteiger charge is -2.24. The maximum absolute atomic E-state index is 11.0. The first kappa shape index (κ1) is 23.9. The average Bonchev–Trinajstić information content (AvgIpc) is 3.47. The van der Waals surface area contributed by atoms with Crippen molar-refractivity contribution in [2.45, 2.75) is 70.0 Å². The van der Waals surface area contributed by atoms with Crippen LogP contribution in [0.2, 0.25) is 0 Å². The second kappa shape index (κ2) is 9.16. The molecular formula is C25H36O6S. The van der Waals surface area contributed by atoms with E-state index in [-0.39, 0.29) is 10.7 Å². The van der Waals surface area contributed by atoms with Crippen molar-refractivity contribution in [2.24, 2.45) is 35.5 Å². The Morgan fingerprint density at radius 1 is 1.00 bits per heavy atom. The Kier molecular flexibility index (Phi) is 6.83. The zero-order valence-corrected chi connectivity index (χ0v) is 20.1. The summed E-state index contributed by atoms with van der Waals surface area (Å²) >= 11 is 0. The number of rotatable bonds is 3. The van der Waals surface area contributed by atoms with E-state index >= 15 is 0 Å². The number of ether oxygens (including phenoxy) is 2. The molecule has 4 aliphatic carbocycles. The van der Waals surface area contributed by atoms with Crippen LogP contribution in [0.5, 0.6) is 0 Å². The van der Waals surface area contributed by atoms with E-state index in [1.807, 2.05) is 6.92 Å². The Morgan fingerprint density at radius 2 is 1.62 bits per heavy atom. The minimum atomic E-state index is -4.02. The third kappa shape index (κ3) is 4.67. The molecule has 1 aromatic rings. The SMILES string of the molecule is CC[C@H]1[C@H]2CCC(=O)[C@H]21.CC[C@H]1[C@H]2CCC3(OCCO3)[C@H]21.Cc1ccc(S(=O)(=O)O)cc1. The Morgan fingerprint density at radius 3 is 2.06 bits per heavy atom. The summed E-state index contributed by atoms with van der Waals surface area (Å²) < 4.78 is 41.1. The van der Waals surface area contributed by atoms with Crippen molar-refractivity contribution in [1.29, 1.82) is 0 Å². The van der Waals surface area contributed by atoms with E-state index in [0.29, 0.717) is 11.7 Å². The van der Waals surface area contributed by atoms with Gasteiger partial charge in [-0.05, 0) is 55.6 Å². The second-order valence-corrected chi connectivity index (χ2v) is 11.3. The molecule has 0 unspecified atom stereocenters. The molecular weight excluding hydrogens is 428 g/mol. The highest BCUT2D eigenvalue weighted by Gasteiger charge is 2.67. The first-order valence-corrected chi connectivity index (χ1v) is 13.5. The summed E-state index contributed by atoms with van der Waals surface area (Å²) in [4.78, 5) is 10.9. The van der Waals surface area contributed by atoms with E-state index in [4.69, 9.17) is 14.0 Å². The monoisotopic (exact) mass is 464 g/mol. The third-order valence-corrected chi connectivity index (χ3v) is 9.00. The molecule has 0 bridgehead atoms. The van der Waals surface area contributed by atoms with Crippen LogP contribution in [0, 0.1) is 42.4 Å². The molecule has 0 radical (unpaired) electrons. The number of aryl methyl sites for hydroxylation is 1. The first-order chi connectivity index (χ1) is 15.2. The van der Waals surface area contributed by atoms with Crippen molar-refractivity contribution in [3.63, 3.8) is 0 Å². The van der Waals surface area contributed by atoms with Crippen LogP contribution in [0.1, 0.15) is 57.9 Å². The summed E-state index contributed by atoms with van der Waals surface area (Å²) in [5.41, 5.74) is 0.956. The van der Waals surface area contributed by atoms with Gasteiger partial charge >= 0.3 is 0 Å². The van der Waals surface area contributed by atoms with Crippen LogP contribution in [0.25, 0.3) is 0 Å². The van der Waals surface area contributed by atoms with Gasteiger partial charge in [-0.2, -0.15) is 8.42 Å². The van der Waals surface area contributed by atoms with E-state index in [0.717, 1.165) is 61.2 Å². The van der Waals surface area contributed by atoms with Crippen molar-refractivity contribution in [3.05, 3.63) is 29.8 Å². The van der Waals surface area contributed by atoms with Crippen LogP contribution in [0.4, 0.5) is 0 Å². The molecule has 6 atom stereocenters. The van der Waals surface area contributed by atoms with Crippen LogP contribution < -0.4 is 0 Å². The van der Waals surface area contributed by atoms with Crippen LogP contribution >= 0.6 is 0 Å². The third-order valence-electron chi connectivity index (χ3n) is 8.13. The molecule has 0 amide bonds. The van der Waals surface area contributed by atoms with E-state index in [1.165, 1.54) is 37.8 Å². The summed E-state index contributed by atoms with van der Waals surface area (Å²) in [7, 11) is -4.02. The molecule has 1 aromatic carbocycles. The number of fused-ring (bicyclic) bond motifs is 3. The maximum atomic E-state index is 11.0. The van der Waals surface area contributed by atoms with Crippen LogP contribution in [0.15, 0.2) is 29.2 Å². The minimum absolute atomic E-state index is 0.0666. The number of carbonyl (C=O) groups excluding carboxylic acids is 1. The van der Waals surface area contributed by atoms with E-state index < -0.39 is 10.1 Å². The maximum Gasteiger partial charge on any atom is 0.294 e. The van der Waals surface area contributed by atoms with E-state index in [2.05, 4.69) is 13.8 Å². The molecule has 1 spiro atoms. The largest absolute Gasteiger partial charge is 0.347 e. The van der Waals surface area contributed by atoms with Crippen LogP contribution in [-0.2, 0) is 24.4 Å². The van der Waals surface area contributed by atoms with Gasteiger partial charge in [0, 0.05) is 24.7 Å². The molecule has 1 heterocycles. The number of hydrogen-bond donors (Lipinski definition) is 1. The van der Waals surface area contributed by atoms with Gasteiger partial charge in [0.1, 0.15) is 5.78 Å². The average molecular weight is 465 g/mol. The lowest BCUT2D eigenvalue weighted by molar-refractivity contribution is -0.170. The van der Waals surface area contributed by atoms with Crippen molar-refractivity contribution in [1.82, 2.24) is 0 Å². The number of carbonyl (C=O) groups is 1. The standard InChI is InChI=1S/C10H16O2.C8H12O.C7H8O3S/c1-2-7-8-3-4-10(9(7)8)11-5-6-12-10;1-2-5-6-3-4-7(9)8(5)6;1-6-2-4-7(5-3-6)11(8,9)10/h7-9H,2-6H2,1H3;5-6,8H,2-4H2,1H3;2-5H,1H3,(H,8,9,10)/t7-,8+,9-;5-,6+,8-;/m00./s1. The molecule has 0 aromatic heterocycles. The molecule has 1 aliphatic heterocycles. The Hall–Kier alpha value is -1.28. The lowest BCUT2D eigenvalue weighted by Crippen LogP contribution is -2.31. The zero-order valence-electron chi connectivity index (χ0n) is 19.3. The van der Waals surface area contributed by atoms with Gasteiger partial charge in [-0.3, -0.25) is 9.35 Å². The molecule has 1 N–H and O–H groups in total. The predicted octanol–water partition coefficient (Wildman–Crippen LogP) is 4.66. The topological polar surface area (TPSA) is 89.9 Å². The highest BCUT2D eigenvalue weighted by atomic mass is 32.2. The fourth-order valence-electron chi connectivity index (χ4n) is 6.45. The van der Waals surface area contributed by atoms with Gasteiger partial charge in [-0.15, -0.1) is 0 Å². The van der Waals surface area contributed by atoms with Gasteiger partial charge in [0.25, 0.3) is 10.1 Å². The predicted molar refractivity (Wildman–Crippen MR) is 121 cm³/mol. The molecule has 5 fully saturated rings. The molecule has 178 valence electrons. The fraction of sp³-hybridized carbons (Fsp3) is 0.720. The zero-order chi connectivity index (χ0) is 23.1. The summed E-state index contributed by atoms with van der Waals surface area (Å²) in [6.45, 7) is 7.95. The lowest BCUT2D eigenvalue weighted by atomic mass is 10.1. The van der Waals surface area contributed by atoms with Crippen molar-refractivity contribution >= 4 is 15.9 Å². The smallest absolute Gasteiger partial charge is 0.294 e. The summed E-state index contributed by atoms with van der Waals surface area (Å²) in [5.74, 6) is 5.19. The highest BCUT2D eigenvalue weighted by Crippen LogP contribution is 2.65. The summed E-state index contributed by atoms with van der Waals surface area (Å²) in [5, 5.41) is 0. The van der Waals surface area contributed by atoms with Gasteiger partial charge in [0.05, 0.1) is 18.1 Å². The summed E-state index contributed by atoms with van der Waals surface area (Å²) in [6, 6.07) is 5.99. The summed E-state index contributed by atoms with van der Waals surface area (Å²) in [6.07, 6.45) is 7.10. The number of ketones is 1. The second-order valence-electron chi connectivity index (χ2n) is 9.86. The number of hydrogen-bond acceptors (Lipinski definition) is 5. The molecule has 4 saturated carbocycles. The van der Waals surface area contributed by atoms with E-state index in [9.17, 15) is 13.2 Å². The van der Waals surface area contributed by atoms with E-state index in [1.54, 1.807) is 12.1 Å². The van der Waals surface area contributed by atoms with Gasteiger partial charge in [-0.25, -0.2) is 0 Å². The molecule has 32 heavy (non-hydrogen) atoms. The van der Waals surface area contributed by atoms with Crippen molar-refractivity contribution < 1.29 is 27.2 Å². The Balaban J connectivity index is 0.000000116. The number of benzene rings is 1. The first-order valence-electron chi connectivity index (χ1n) is 12.1. The molecule has 6 rings (SSSR count). The van der Waals surface area contributed by atoms with Crippen molar-refractivity contribution in [2.75, 3.05) is 13.2 Å². The van der Waals surface area contributed by atoms with Crippen molar-refractivity contribution in [3.8, 4) is 0 Å². The van der Waals surface area contributed by atoms with Gasteiger partial charge in [0.2, 0.25) is 0 Å². The molecule has 7 heteroatoms. The van der Waals surface area contributed by atoms with Gasteiger partial charge in [0.15, 0.2) is 5.79 Å². The van der Waals surface area contributed by atoms with Crippen LogP contribution in [0.3, 0.4) is 0 Å². The van der Waals surface area contributed by atoms with Gasteiger partial charge < -0.3 is 9.47 Å². The Bertz CT molecular complexity index is 905. The van der Waals surface area contributed by atoms with Crippen LogP contribution in [-0.4, -0.2) is 37.8 Å². The normalized spacial score (nSPS) is 35.3. The molecule has 1 saturated heterocycles. The minimum Gasteiger partial charge on any atom is -0.347 e. The molecule has 6 nitrogen and oxygen atoms in total. The Labute approximate surface area is 191 Å². The fourth-order valence-corrected chi connectivity index (χ4v) is 6.93. The molecule has 5 aliphatic rings. The highest BCUT2D eigenvalue weighted by molar-refractivity contribution is 7.85. The number of Topliss-reactive ketones (excluding diaryl/α,β-unsaturated/α-hetero) is 1. The van der Waals surface area contributed by atoms with Gasteiger partial charge in [-0.1, -0.05) is 44.4 Å². The quantitative estimate of drug-likeness (QED) is 0.655.